The smallest absolute Gasteiger partial charge is 0.205 e. The topological polar surface area (TPSA) is 47.1 Å². The third-order valence-corrected chi connectivity index (χ3v) is 2.84. The van der Waals surface area contributed by atoms with E-state index in [4.69, 9.17) is 5.73 Å². The summed E-state index contributed by atoms with van der Waals surface area (Å²) in [5.41, 5.74) is 7.89. The van der Waals surface area contributed by atoms with Gasteiger partial charge < -0.3 is 15.2 Å². The number of hydrogen-bond acceptors (Lipinski definition) is 3. The average molecular weight is 230 g/mol. The zero-order valence-electron chi connectivity index (χ0n) is 10.3. The first kappa shape index (κ1) is 11.5. The molecule has 0 radical (unpaired) electrons. The van der Waals surface area contributed by atoms with Crippen LogP contribution in [0.15, 0.2) is 36.7 Å². The van der Waals surface area contributed by atoms with E-state index in [0.717, 1.165) is 30.3 Å². The number of anilines is 2. The average Bonchev–Trinajstić information content (AvgIpc) is 2.80. The van der Waals surface area contributed by atoms with Crippen molar-refractivity contribution in [1.82, 2.24) is 9.55 Å². The second-order valence-electron chi connectivity index (χ2n) is 4.07. The monoisotopic (exact) mass is 230 g/mol. The number of para-hydroxylation sites is 1. The van der Waals surface area contributed by atoms with Gasteiger partial charge in [0.15, 0.2) is 0 Å². The number of nitrogen functional groups attached to an aromatic ring is 1. The Labute approximate surface area is 102 Å². The van der Waals surface area contributed by atoms with Gasteiger partial charge in [0.1, 0.15) is 0 Å². The Morgan fingerprint density at radius 3 is 2.82 bits per heavy atom. The number of rotatable bonds is 4. The van der Waals surface area contributed by atoms with Crippen LogP contribution in [0.4, 0.5) is 11.6 Å². The first-order chi connectivity index (χ1) is 8.22. The van der Waals surface area contributed by atoms with Crippen molar-refractivity contribution in [3.63, 3.8) is 0 Å². The molecule has 1 aromatic heterocycles. The van der Waals surface area contributed by atoms with E-state index < -0.39 is 0 Å². The van der Waals surface area contributed by atoms with E-state index in [0.29, 0.717) is 0 Å². The lowest BCUT2D eigenvalue weighted by Gasteiger charge is -2.20. The van der Waals surface area contributed by atoms with Crippen LogP contribution < -0.4 is 10.6 Å². The van der Waals surface area contributed by atoms with Gasteiger partial charge in [-0.3, -0.25) is 0 Å². The highest BCUT2D eigenvalue weighted by atomic mass is 15.3. The summed E-state index contributed by atoms with van der Waals surface area (Å²) in [6.07, 6.45) is 3.81. The van der Waals surface area contributed by atoms with Gasteiger partial charge in [-0.1, -0.05) is 18.2 Å². The molecule has 0 fully saturated rings. The standard InChI is InChI=1S/C13H18N4/c1-3-17-9-8-15-13(17)16(2)10-11-6-4-5-7-12(11)14/h4-9H,3,10,14H2,1-2H3. The summed E-state index contributed by atoms with van der Waals surface area (Å²) in [6.45, 7) is 3.80. The summed E-state index contributed by atoms with van der Waals surface area (Å²) < 4.78 is 2.11. The zero-order valence-corrected chi connectivity index (χ0v) is 10.3. The van der Waals surface area contributed by atoms with E-state index in [1.54, 1.807) is 0 Å². The zero-order chi connectivity index (χ0) is 12.3. The third-order valence-electron chi connectivity index (χ3n) is 2.84. The summed E-state index contributed by atoms with van der Waals surface area (Å²) >= 11 is 0. The van der Waals surface area contributed by atoms with Crippen molar-refractivity contribution in [2.75, 3.05) is 17.7 Å². The molecule has 2 rings (SSSR count). The molecule has 0 spiro atoms. The van der Waals surface area contributed by atoms with E-state index in [9.17, 15) is 0 Å². The molecule has 90 valence electrons. The van der Waals surface area contributed by atoms with Crippen LogP contribution >= 0.6 is 0 Å². The second-order valence-corrected chi connectivity index (χ2v) is 4.07. The molecule has 4 heteroatoms. The van der Waals surface area contributed by atoms with Gasteiger partial charge in [0, 0.05) is 38.2 Å². The van der Waals surface area contributed by atoms with E-state index in [1.807, 2.05) is 43.7 Å². The quantitative estimate of drug-likeness (QED) is 0.818. The Hall–Kier alpha value is -1.97. The predicted molar refractivity (Wildman–Crippen MR) is 70.9 cm³/mol. The fraction of sp³-hybridized carbons (Fsp3) is 0.308. The summed E-state index contributed by atoms with van der Waals surface area (Å²) in [6, 6.07) is 7.93. The Kier molecular flexibility index (Phi) is 3.32. The van der Waals surface area contributed by atoms with Crippen molar-refractivity contribution in [2.24, 2.45) is 0 Å². The van der Waals surface area contributed by atoms with Crippen molar-refractivity contribution in [1.29, 1.82) is 0 Å². The van der Waals surface area contributed by atoms with Crippen LogP contribution in [0.25, 0.3) is 0 Å². The highest BCUT2D eigenvalue weighted by molar-refractivity contribution is 5.48. The van der Waals surface area contributed by atoms with Crippen LogP contribution in [0.5, 0.6) is 0 Å². The molecule has 0 aliphatic carbocycles. The summed E-state index contributed by atoms with van der Waals surface area (Å²) in [5.74, 6) is 0.968. The van der Waals surface area contributed by atoms with Gasteiger partial charge in [-0.2, -0.15) is 0 Å². The maximum absolute atomic E-state index is 5.94. The molecule has 0 aliphatic heterocycles. The van der Waals surface area contributed by atoms with Crippen LogP contribution in [0.1, 0.15) is 12.5 Å². The molecule has 17 heavy (non-hydrogen) atoms. The molecule has 0 saturated heterocycles. The van der Waals surface area contributed by atoms with Crippen LogP contribution in [-0.4, -0.2) is 16.6 Å². The van der Waals surface area contributed by atoms with Gasteiger partial charge in [0.25, 0.3) is 0 Å². The van der Waals surface area contributed by atoms with Gasteiger partial charge in [0.2, 0.25) is 5.95 Å². The van der Waals surface area contributed by atoms with Crippen LogP contribution in [-0.2, 0) is 13.1 Å². The number of nitrogens with zero attached hydrogens (tertiary/aromatic N) is 3. The maximum atomic E-state index is 5.94. The van der Waals surface area contributed by atoms with Gasteiger partial charge in [-0.15, -0.1) is 0 Å². The van der Waals surface area contributed by atoms with Crippen molar-refractivity contribution in [2.45, 2.75) is 20.0 Å². The highest BCUT2D eigenvalue weighted by Gasteiger charge is 2.09. The van der Waals surface area contributed by atoms with Crippen molar-refractivity contribution >= 4 is 11.6 Å². The minimum absolute atomic E-state index is 0.768. The van der Waals surface area contributed by atoms with Crippen molar-refractivity contribution < 1.29 is 0 Å². The van der Waals surface area contributed by atoms with E-state index in [1.165, 1.54) is 0 Å². The summed E-state index contributed by atoms with van der Waals surface area (Å²) in [5, 5.41) is 0. The molecule has 2 N–H and O–H groups in total. The van der Waals surface area contributed by atoms with Gasteiger partial charge in [-0.05, 0) is 18.6 Å². The molecule has 0 aliphatic rings. The molecule has 0 atom stereocenters. The maximum Gasteiger partial charge on any atom is 0.205 e. The largest absolute Gasteiger partial charge is 0.398 e. The van der Waals surface area contributed by atoms with Crippen LogP contribution in [0, 0.1) is 0 Å². The number of hydrogen-bond donors (Lipinski definition) is 1. The first-order valence-electron chi connectivity index (χ1n) is 5.78. The Morgan fingerprint density at radius 2 is 2.12 bits per heavy atom. The van der Waals surface area contributed by atoms with E-state index in [2.05, 4.69) is 21.4 Å². The van der Waals surface area contributed by atoms with Gasteiger partial charge in [-0.25, -0.2) is 4.98 Å². The van der Waals surface area contributed by atoms with E-state index >= 15 is 0 Å². The summed E-state index contributed by atoms with van der Waals surface area (Å²) in [7, 11) is 2.03. The third kappa shape index (κ3) is 2.41. The molecular formula is C13H18N4. The molecular weight excluding hydrogens is 212 g/mol. The van der Waals surface area contributed by atoms with Crippen LogP contribution in [0.3, 0.4) is 0 Å². The van der Waals surface area contributed by atoms with Crippen molar-refractivity contribution in [3.8, 4) is 0 Å². The number of imidazole rings is 1. The Balaban J connectivity index is 2.17. The lowest BCUT2D eigenvalue weighted by atomic mass is 10.2. The fourth-order valence-corrected chi connectivity index (χ4v) is 1.89. The number of nitrogens with two attached hydrogens (primary N) is 1. The Bertz CT molecular complexity index is 490. The Morgan fingerprint density at radius 1 is 1.35 bits per heavy atom. The molecule has 0 unspecified atom stereocenters. The molecule has 0 amide bonds. The molecule has 0 bridgehead atoms. The fourth-order valence-electron chi connectivity index (χ4n) is 1.89. The molecule has 0 saturated carbocycles. The number of aryl methyl sites for hydroxylation is 1. The van der Waals surface area contributed by atoms with Gasteiger partial charge >= 0.3 is 0 Å². The predicted octanol–water partition coefficient (Wildman–Crippen LogP) is 2.12. The minimum Gasteiger partial charge on any atom is -0.398 e. The lowest BCUT2D eigenvalue weighted by molar-refractivity contribution is 0.725. The molecule has 2 aromatic rings. The number of benzene rings is 1. The van der Waals surface area contributed by atoms with Gasteiger partial charge in [0.05, 0.1) is 0 Å². The molecule has 1 aromatic carbocycles. The van der Waals surface area contributed by atoms with E-state index in [-0.39, 0.29) is 0 Å². The summed E-state index contributed by atoms with van der Waals surface area (Å²) in [4.78, 5) is 6.47. The highest BCUT2D eigenvalue weighted by Crippen LogP contribution is 2.17. The minimum atomic E-state index is 0.768. The van der Waals surface area contributed by atoms with Crippen molar-refractivity contribution in [3.05, 3.63) is 42.2 Å². The normalized spacial score (nSPS) is 10.5. The molecule has 4 nitrogen and oxygen atoms in total. The second kappa shape index (κ2) is 4.91. The van der Waals surface area contributed by atoms with Crippen LogP contribution in [0.2, 0.25) is 0 Å². The SMILES string of the molecule is CCn1ccnc1N(C)Cc1ccccc1N. The first-order valence-corrected chi connectivity index (χ1v) is 5.78. The lowest BCUT2D eigenvalue weighted by Crippen LogP contribution is -2.21. The number of aromatic nitrogens is 2. The molecule has 1 heterocycles.